The molecule has 1 aliphatic rings. The smallest absolute Gasteiger partial charge is 0.416 e. The Morgan fingerprint density at radius 3 is 2.66 bits per heavy atom. The molecule has 0 spiro atoms. The molecule has 1 saturated heterocycles. The SMILES string of the molecule is Cc1cn(C)nc1NC(=O)c1ncncc1N1CC(Oc2cc(F)cc(C(F)(F)F)c2)C1. The zero-order valence-electron chi connectivity index (χ0n) is 17.0. The summed E-state index contributed by atoms with van der Waals surface area (Å²) < 4.78 is 59.3. The molecule has 3 heterocycles. The highest BCUT2D eigenvalue weighted by molar-refractivity contribution is 6.06. The van der Waals surface area contributed by atoms with Gasteiger partial charge in [-0.15, -0.1) is 0 Å². The third kappa shape index (κ3) is 4.48. The number of anilines is 2. The number of nitrogens with zero attached hydrogens (tertiary/aromatic N) is 5. The fraction of sp³-hybridized carbons (Fsp3) is 0.300. The minimum Gasteiger partial charge on any atom is -0.487 e. The summed E-state index contributed by atoms with van der Waals surface area (Å²) in [5.74, 6) is -1.33. The molecule has 0 bridgehead atoms. The third-order valence-corrected chi connectivity index (χ3v) is 4.84. The molecule has 8 nitrogen and oxygen atoms in total. The number of rotatable bonds is 5. The maximum atomic E-state index is 13.6. The van der Waals surface area contributed by atoms with Gasteiger partial charge in [0.1, 0.15) is 24.0 Å². The second-order valence-electron chi connectivity index (χ2n) is 7.36. The Hall–Kier alpha value is -3.70. The van der Waals surface area contributed by atoms with E-state index in [1.807, 2.05) is 0 Å². The Labute approximate surface area is 179 Å². The molecule has 1 N–H and O–H groups in total. The van der Waals surface area contributed by atoms with Crippen molar-refractivity contribution >= 4 is 17.4 Å². The molecule has 168 valence electrons. The van der Waals surface area contributed by atoms with Gasteiger partial charge < -0.3 is 15.0 Å². The number of carbonyl (C=O) groups is 1. The molecule has 0 saturated carbocycles. The van der Waals surface area contributed by atoms with Crippen molar-refractivity contribution in [1.29, 1.82) is 0 Å². The van der Waals surface area contributed by atoms with Gasteiger partial charge in [0, 0.05) is 24.9 Å². The quantitative estimate of drug-likeness (QED) is 0.601. The molecule has 0 atom stereocenters. The highest BCUT2D eigenvalue weighted by atomic mass is 19.4. The molecule has 1 amide bonds. The van der Waals surface area contributed by atoms with E-state index in [9.17, 15) is 22.4 Å². The lowest BCUT2D eigenvalue weighted by Crippen LogP contribution is -2.54. The van der Waals surface area contributed by atoms with Gasteiger partial charge in [0.05, 0.1) is 30.5 Å². The van der Waals surface area contributed by atoms with E-state index in [4.69, 9.17) is 4.74 Å². The summed E-state index contributed by atoms with van der Waals surface area (Å²) in [6.07, 6.45) is -0.714. The topological polar surface area (TPSA) is 85.2 Å². The first kappa shape index (κ1) is 21.5. The number of halogens is 4. The molecule has 1 aromatic carbocycles. The Morgan fingerprint density at radius 2 is 2.00 bits per heavy atom. The van der Waals surface area contributed by atoms with Gasteiger partial charge in [0.15, 0.2) is 11.5 Å². The van der Waals surface area contributed by atoms with Crippen LogP contribution >= 0.6 is 0 Å². The van der Waals surface area contributed by atoms with Crippen LogP contribution in [0.15, 0.2) is 36.9 Å². The molecule has 2 aromatic heterocycles. The molecule has 1 aliphatic heterocycles. The second-order valence-corrected chi connectivity index (χ2v) is 7.36. The van der Waals surface area contributed by atoms with E-state index in [1.54, 1.807) is 29.7 Å². The number of benzene rings is 1. The Kier molecular flexibility index (Phi) is 5.45. The van der Waals surface area contributed by atoms with Gasteiger partial charge >= 0.3 is 6.18 Å². The number of carbonyl (C=O) groups excluding carboxylic acids is 1. The Morgan fingerprint density at radius 1 is 1.25 bits per heavy atom. The third-order valence-electron chi connectivity index (χ3n) is 4.84. The lowest BCUT2D eigenvalue weighted by molar-refractivity contribution is -0.137. The van der Waals surface area contributed by atoms with Crippen LogP contribution in [0.1, 0.15) is 21.6 Å². The van der Waals surface area contributed by atoms with E-state index < -0.39 is 29.6 Å². The van der Waals surface area contributed by atoms with Gasteiger partial charge in [-0.2, -0.15) is 18.3 Å². The summed E-state index contributed by atoms with van der Waals surface area (Å²) in [6, 6.07) is 2.07. The van der Waals surface area contributed by atoms with Gasteiger partial charge in [-0.05, 0) is 19.1 Å². The number of alkyl halides is 3. The van der Waals surface area contributed by atoms with E-state index in [1.165, 1.54) is 12.5 Å². The van der Waals surface area contributed by atoms with Gasteiger partial charge in [-0.3, -0.25) is 9.48 Å². The fourth-order valence-electron chi connectivity index (χ4n) is 3.32. The molecule has 0 aliphatic carbocycles. The van der Waals surface area contributed by atoms with Gasteiger partial charge in [0.25, 0.3) is 5.91 Å². The van der Waals surface area contributed by atoms with Gasteiger partial charge in [-0.1, -0.05) is 0 Å². The van der Waals surface area contributed by atoms with Crippen LogP contribution in [0.5, 0.6) is 5.75 Å². The van der Waals surface area contributed by atoms with Gasteiger partial charge in [-0.25, -0.2) is 14.4 Å². The van der Waals surface area contributed by atoms with Crippen LogP contribution < -0.4 is 15.0 Å². The maximum Gasteiger partial charge on any atom is 0.416 e. The zero-order chi connectivity index (χ0) is 23.0. The molecular weight excluding hydrogens is 432 g/mol. The van der Waals surface area contributed by atoms with Crippen LogP contribution in [0.3, 0.4) is 0 Å². The first-order chi connectivity index (χ1) is 15.1. The van der Waals surface area contributed by atoms with Crippen LogP contribution in [-0.2, 0) is 13.2 Å². The fourth-order valence-corrected chi connectivity index (χ4v) is 3.32. The maximum absolute atomic E-state index is 13.6. The van der Waals surface area contributed by atoms with Gasteiger partial charge in [0.2, 0.25) is 0 Å². The van der Waals surface area contributed by atoms with Crippen molar-refractivity contribution in [2.75, 3.05) is 23.3 Å². The number of nitrogens with one attached hydrogen (secondary N) is 1. The zero-order valence-corrected chi connectivity index (χ0v) is 17.0. The summed E-state index contributed by atoms with van der Waals surface area (Å²) in [7, 11) is 1.73. The Bertz CT molecular complexity index is 1160. The summed E-state index contributed by atoms with van der Waals surface area (Å²) in [5.41, 5.74) is 0.216. The average molecular weight is 450 g/mol. The van der Waals surface area contributed by atoms with E-state index in [2.05, 4.69) is 20.4 Å². The lowest BCUT2D eigenvalue weighted by Gasteiger charge is -2.40. The highest BCUT2D eigenvalue weighted by Gasteiger charge is 2.34. The van der Waals surface area contributed by atoms with Crippen molar-refractivity contribution < 1.29 is 27.1 Å². The predicted molar refractivity (Wildman–Crippen MR) is 106 cm³/mol. The number of amides is 1. The molecule has 32 heavy (non-hydrogen) atoms. The van der Waals surface area contributed by atoms with Crippen molar-refractivity contribution in [2.45, 2.75) is 19.2 Å². The normalized spacial score (nSPS) is 14.2. The van der Waals surface area contributed by atoms with E-state index in [0.29, 0.717) is 17.6 Å². The van der Waals surface area contributed by atoms with Crippen LogP contribution in [-0.4, -0.2) is 44.8 Å². The number of hydrogen-bond acceptors (Lipinski definition) is 6. The standard InChI is InChI=1S/C20H18F4N6O2/c1-11-7-29(2)28-18(11)27-19(31)17-16(6-25-10-26-17)30-8-15(9-30)32-14-4-12(20(22,23)24)3-13(21)5-14/h3-7,10,15H,8-9H2,1-2H3,(H,27,28,31). The molecule has 0 radical (unpaired) electrons. The molecular formula is C20H18F4N6O2. The largest absolute Gasteiger partial charge is 0.487 e. The molecule has 1 fully saturated rings. The van der Waals surface area contributed by atoms with Crippen LogP contribution in [0.4, 0.5) is 29.1 Å². The number of hydrogen-bond donors (Lipinski definition) is 1. The second kappa shape index (κ2) is 8.09. The minimum absolute atomic E-state index is 0.119. The van der Waals surface area contributed by atoms with E-state index in [0.717, 1.165) is 17.7 Å². The average Bonchev–Trinajstić information content (AvgIpc) is 3.00. The highest BCUT2D eigenvalue weighted by Crippen LogP contribution is 2.33. The van der Waals surface area contributed by atoms with Crippen molar-refractivity contribution in [3.8, 4) is 5.75 Å². The number of ether oxygens (including phenoxy) is 1. The lowest BCUT2D eigenvalue weighted by atomic mass is 10.1. The first-order valence-electron chi connectivity index (χ1n) is 9.51. The van der Waals surface area contributed by atoms with Crippen molar-refractivity contribution in [2.24, 2.45) is 7.05 Å². The minimum atomic E-state index is -4.68. The summed E-state index contributed by atoms with van der Waals surface area (Å²) in [4.78, 5) is 22.5. The summed E-state index contributed by atoms with van der Waals surface area (Å²) >= 11 is 0. The number of aromatic nitrogens is 4. The first-order valence-corrected chi connectivity index (χ1v) is 9.51. The molecule has 0 unspecified atom stereocenters. The molecule has 4 rings (SSSR count). The predicted octanol–water partition coefficient (Wildman–Crippen LogP) is 3.20. The van der Waals surface area contributed by atoms with Crippen LogP contribution in [0, 0.1) is 12.7 Å². The van der Waals surface area contributed by atoms with Crippen molar-refractivity contribution in [1.82, 2.24) is 19.7 Å². The molecule has 3 aromatic rings. The van der Waals surface area contributed by atoms with E-state index in [-0.39, 0.29) is 24.5 Å². The van der Waals surface area contributed by atoms with Crippen molar-refractivity contribution in [3.05, 3.63) is 59.6 Å². The number of aryl methyl sites for hydroxylation is 2. The van der Waals surface area contributed by atoms with Crippen molar-refractivity contribution in [3.63, 3.8) is 0 Å². The molecule has 12 heteroatoms. The van der Waals surface area contributed by atoms with E-state index >= 15 is 0 Å². The Balaban J connectivity index is 1.44. The summed E-state index contributed by atoms with van der Waals surface area (Å²) in [5, 5.41) is 6.87. The van der Waals surface area contributed by atoms with Crippen LogP contribution in [0.25, 0.3) is 0 Å². The monoisotopic (exact) mass is 450 g/mol. The van der Waals surface area contributed by atoms with Crippen LogP contribution in [0.2, 0.25) is 0 Å². The summed E-state index contributed by atoms with van der Waals surface area (Å²) in [6.45, 7) is 2.32.